The normalized spacial score (nSPS) is 11.4. The number of carbonyl (C=O) groups is 1. The van der Waals surface area contributed by atoms with Gasteiger partial charge in [0.1, 0.15) is 29.8 Å². The molecule has 4 rings (SSSR count). The maximum Gasteiger partial charge on any atom is 0.356 e. The monoisotopic (exact) mass is 454 g/mol. The third kappa shape index (κ3) is 5.20. The lowest BCUT2D eigenvalue weighted by Crippen LogP contribution is -2.23. The first kappa shape index (κ1) is 22.5. The Morgan fingerprint density at radius 1 is 1.15 bits per heavy atom. The van der Waals surface area contributed by atoms with Crippen LogP contribution in [0.15, 0.2) is 79.3 Å². The Balaban J connectivity index is 1.30. The number of nitrogen functional groups attached to an aromatic ring is 1. The van der Waals surface area contributed by atoms with Gasteiger partial charge < -0.3 is 15.3 Å². The number of aromatic nitrogens is 3. The van der Waals surface area contributed by atoms with Crippen LogP contribution in [0, 0.1) is 11.3 Å². The Morgan fingerprint density at radius 2 is 1.91 bits per heavy atom. The quantitative estimate of drug-likeness (QED) is 0.386. The minimum atomic E-state index is -0.527. The van der Waals surface area contributed by atoms with E-state index in [0.29, 0.717) is 17.9 Å². The minimum absolute atomic E-state index is 0.233. The fourth-order valence-electron chi connectivity index (χ4n) is 3.16. The average molecular weight is 454 g/mol. The molecule has 0 saturated carbocycles. The van der Waals surface area contributed by atoms with Crippen LogP contribution in [-0.2, 0) is 11.4 Å². The van der Waals surface area contributed by atoms with E-state index in [2.05, 4.69) is 15.6 Å². The number of hydrogen-bond donors (Lipinski definition) is 2. The maximum atomic E-state index is 12.4. The molecule has 0 bridgehead atoms. The van der Waals surface area contributed by atoms with E-state index in [0.717, 1.165) is 16.9 Å². The summed E-state index contributed by atoms with van der Waals surface area (Å²) in [5.74, 6) is 0.444. The second-order valence-corrected chi connectivity index (χ2v) is 7.46. The molecular weight excluding hydrogens is 432 g/mol. The number of pyridine rings is 1. The molecule has 0 fully saturated rings. The van der Waals surface area contributed by atoms with E-state index in [-0.39, 0.29) is 17.4 Å². The van der Waals surface area contributed by atoms with Crippen molar-refractivity contribution in [3.05, 3.63) is 102 Å². The molecule has 0 radical (unpaired) electrons. The van der Waals surface area contributed by atoms with Gasteiger partial charge in [-0.1, -0.05) is 18.2 Å². The molecule has 0 aliphatic heterocycles. The van der Waals surface area contributed by atoms with Crippen molar-refractivity contribution in [2.24, 2.45) is 0 Å². The summed E-state index contributed by atoms with van der Waals surface area (Å²) >= 11 is 0. The third-order valence-electron chi connectivity index (χ3n) is 5.11. The Labute approximate surface area is 196 Å². The van der Waals surface area contributed by atoms with Gasteiger partial charge in [0.2, 0.25) is 0 Å². The van der Waals surface area contributed by atoms with Crippen molar-refractivity contribution in [1.29, 1.82) is 5.26 Å². The molecule has 2 aromatic carbocycles. The summed E-state index contributed by atoms with van der Waals surface area (Å²) < 4.78 is 7.19. The van der Waals surface area contributed by atoms with Crippen LogP contribution >= 0.6 is 0 Å². The second-order valence-electron chi connectivity index (χ2n) is 7.46. The molecule has 0 aliphatic carbocycles. The second kappa shape index (κ2) is 10.3. The Morgan fingerprint density at radius 3 is 2.56 bits per heavy atom. The highest BCUT2D eigenvalue weighted by Gasteiger charge is 2.13. The summed E-state index contributed by atoms with van der Waals surface area (Å²) in [6.07, 6.45) is 4.88. The van der Waals surface area contributed by atoms with Crippen LogP contribution in [0.25, 0.3) is 5.69 Å². The number of nitrogens with one attached hydrogen (secondary N) is 1. The van der Waals surface area contributed by atoms with Gasteiger partial charge in [-0.3, -0.25) is 4.98 Å². The molecule has 3 N–H and O–H groups in total. The van der Waals surface area contributed by atoms with Crippen LogP contribution in [0.4, 0.5) is 5.82 Å². The summed E-state index contributed by atoms with van der Waals surface area (Å²) in [6, 6.07) is 19.7. The standard InChI is InChI=1S/C25H22N6O3/c1-17(19-6-10-23(11-7-19)33-16-18-3-2-12-28-14-18)30-34-25(32)20-4-8-22(9-5-20)31-24(27)21(13-26)15-29-31/h2-12,14-15,17,30H,16,27H2,1H3. The van der Waals surface area contributed by atoms with Crippen molar-refractivity contribution in [2.45, 2.75) is 19.6 Å². The molecule has 2 aromatic heterocycles. The molecule has 34 heavy (non-hydrogen) atoms. The summed E-state index contributed by atoms with van der Waals surface area (Å²) in [6.45, 7) is 2.32. The van der Waals surface area contributed by atoms with Gasteiger partial charge in [0, 0.05) is 18.0 Å². The Kier molecular flexibility index (Phi) is 6.81. The predicted octanol–water partition coefficient (Wildman–Crippen LogP) is 3.72. The maximum absolute atomic E-state index is 12.4. The number of carbonyl (C=O) groups excluding carboxylic acids is 1. The first-order chi connectivity index (χ1) is 16.5. The molecule has 9 nitrogen and oxygen atoms in total. The Bertz CT molecular complexity index is 1300. The number of rotatable bonds is 8. The minimum Gasteiger partial charge on any atom is -0.489 e. The van der Waals surface area contributed by atoms with Gasteiger partial charge >= 0.3 is 5.97 Å². The Hall–Kier alpha value is -4.68. The summed E-state index contributed by atoms with van der Waals surface area (Å²) in [4.78, 5) is 21.7. The van der Waals surface area contributed by atoms with Gasteiger partial charge in [-0.05, 0) is 55.0 Å². The van der Waals surface area contributed by atoms with Crippen LogP contribution in [-0.4, -0.2) is 20.7 Å². The fraction of sp³-hybridized carbons (Fsp3) is 0.120. The topological polar surface area (TPSA) is 128 Å². The molecule has 1 atom stereocenters. The molecule has 0 amide bonds. The number of nitrogens with two attached hydrogens (primary N) is 1. The van der Waals surface area contributed by atoms with E-state index < -0.39 is 5.97 Å². The molecule has 2 heterocycles. The fourth-order valence-corrected chi connectivity index (χ4v) is 3.16. The van der Waals surface area contributed by atoms with E-state index in [1.54, 1.807) is 36.7 Å². The number of nitriles is 1. The van der Waals surface area contributed by atoms with E-state index >= 15 is 0 Å². The number of ether oxygens (including phenoxy) is 1. The lowest BCUT2D eigenvalue weighted by Gasteiger charge is -2.15. The molecule has 170 valence electrons. The molecule has 0 spiro atoms. The van der Waals surface area contributed by atoms with E-state index in [1.165, 1.54) is 10.9 Å². The van der Waals surface area contributed by atoms with Gasteiger partial charge in [-0.25, -0.2) is 9.48 Å². The van der Waals surface area contributed by atoms with Crippen molar-refractivity contribution >= 4 is 11.8 Å². The largest absolute Gasteiger partial charge is 0.489 e. The van der Waals surface area contributed by atoms with Crippen LogP contribution in [0.1, 0.15) is 40.0 Å². The lowest BCUT2D eigenvalue weighted by atomic mass is 10.1. The molecular formula is C25H22N6O3. The number of hydrogen-bond acceptors (Lipinski definition) is 8. The van der Waals surface area contributed by atoms with Crippen molar-refractivity contribution in [3.8, 4) is 17.5 Å². The zero-order valence-electron chi connectivity index (χ0n) is 18.4. The van der Waals surface area contributed by atoms with Crippen molar-refractivity contribution < 1.29 is 14.4 Å². The van der Waals surface area contributed by atoms with Crippen molar-refractivity contribution in [1.82, 2.24) is 20.2 Å². The highest BCUT2D eigenvalue weighted by molar-refractivity contribution is 5.89. The lowest BCUT2D eigenvalue weighted by molar-refractivity contribution is 0.0169. The van der Waals surface area contributed by atoms with Gasteiger partial charge in [-0.2, -0.15) is 10.4 Å². The van der Waals surface area contributed by atoms with Gasteiger partial charge in [0.05, 0.1) is 23.5 Å². The zero-order valence-corrected chi connectivity index (χ0v) is 18.4. The summed E-state index contributed by atoms with van der Waals surface area (Å²) in [7, 11) is 0. The molecule has 0 saturated heterocycles. The SMILES string of the molecule is CC(NOC(=O)c1ccc(-n2ncc(C#N)c2N)cc1)c1ccc(OCc2cccnc2)cc1. The van der Waals surface area contributed by atoms with Gasteiger partial charge in [0.15, 0.2) is 0 Å². The van der Waals surface area contributed by atoms with Crippen LogP contribution in [0.2, 0.25) is 0 Å². The number of benzene rings is 2. The van der Waals surface area contributed by atoms with Gasteiger partial charge in [0.25, 0.3) is 0 Å². The summed E-state index contributed by atoms with van der Waals surface area (Å²) in [5.41, 5.74) is 11.9. The highest BCUT2D eigenvalue weighted by Crippen LogP contribution is 2.20. The predicted molar refractivity (Wildman–Crippen MR) is 125 cm³/mol. The first-order valence-corrected chi connectivity index (χ1v) is 10.5. The molecule has 9 heteroatoms. The molecule has 0 aliphatic rings. The number of nitrogens with zero attached hydrogens (tertiary/aromatic N) is 4. The van der Waals surface area contributed by atoms with Crippen molar-refractivity contribution in [3.63, 3.8) is 0 Å². The van der Waals surface area contributed by atoms with Crippen LogP contribution < -0.4 is 16.0 Å². The zero-order chi connectivity index (χ0) is 23.9. The highest BCUT2D eigenvalue weighted by atomic mass is 16.7. The van der Waals surface area contributed by atoms with E-state index in [4.69, 9.17) is 20.6 Å². The number of anilines is 1. The van der Waals surface area contributed by atoms with E-state index in [9.17, 15) is 4.79 Å². The van der Waals surface area contributed by atoms with E-state index in [1.807, 2.05) is 49.4 Å². The molecule has 4 aromatic rings. The smallest absolute Gasteiger partial charge is 0.356 e. The average Bonchev–Trinajstić information content (AvgIpc) is 3.27. The van der Waals surface area contributed by atoms with Gasteiger partial charge in [-0.15, -0.1) is 5.48 Å². The van der Waals surface area contributed by atoms with Crippen LogP contribution in [0.5, 0.6) is 5.75 Å². The molecule has 1 unspecified atom stereocenters. The first-order valence-electron chi connectivity index (χ1n) is 10.5. The van der Waals surface area contributed by atoms with Crippen LogP contribution in [0.3, 0.4) is 0 Å². The third-order valence-corrected chi connectivity index (χ3v) is 5.11. The summed E-state index contributed by atoms with van der Waals surface area (Å²) in [5, 5.41) is 13.1. The van der Waals surface area contributed by atoms with Crippen molar-refractivity contribution in [2.75, 3.05) is 5.73 Å². The number of hydroxylamine groups is 1.